The van der Waals surface area contributed by atoms with E-state index in [4.69, 9.17) is 14.7 Å². The molecule has 2 aromatic rings. The predicted molar refractivity (Wildman–Crippen MR) is 99.4 cm³/mol. The molecule has 158 valence electrons. The summed E-state index contributed by atoms with van der Waals surface area (Å²) in [5.41, 5.74) is 3.36. The molecular weight excluding hydrogens is 413 g/mol. The quantitative estimate of drug-likeness (QED) is 0.491. The second-order valence-electron chi connectivity index (χ2n) is 6.32. The van der Waals surface area contributed by atoms with E-state index in [0.29, 0.717) is 17.0 Å². The van der Waals surface area contributed by atoms with E-state index in [-0.39, 0.29) is 6.61 Å². The lowest BCUT2D eigenvalue weighted by Crippen LogP contribution is -2.51. The van der Waals surface area contributed by atoms with Crippen molar-refractivity contribution in [2.24, 2.45) is 5.73 Å². The van der Waals surface area contributed by atoms with Crippen LogP contribution in [0.1, 0.15) is 18.1 Å². The lowest BCUT2D eigenvalue weighted by atomic mass is 10.1. The van der Waals surface area contributed by atoms with Crippen molar-refractivity contribution >= 4 is 21.7 Å². The Kier molecular flexibility index (Phi) is 6.43. The predicted octanol–water partition coefficient (Wildman–Crippen LogP) is 2.87. The highest BCUT2D eigenvalue weighted by Crippen LogP contribution is 2.29. The van der Waals surface area contributed by atoms with Crippen LogP contribution >= 0.6 is 0 Å². The maximum absolute atomic E-state index is 12.6. The molecule has 1 unspecified atom stereocenters. The number of primary amides is 1. The number of ether oxygens (including phenoxy) is 1. The zero-order valence-electron chi connectivity index (χ0n) is 15.5. The molecule has 0 aromatic heterocycles. The average Bonchev–Trinajstić information content (AvgIpc) is 2.59. The van der Waals surface area contributed by atoms with Crippen LogP contribution in [-0.4, -0.2) is 26.3 Å². The van der Waals surface area contributed by atoms with Gasteiger partial charge in [0.05, 0.1) is 11.8 Å². The molecule has 0 saturated carbocycles. The van der Waals surface area contributed by atoms with Crippen LogP contribution < -0.4 is 15.8 Å². The van der Waals surface area contributed by atoms with E-state index in [1.165, 1.54) is 43.3 Å². The van der Waals surface area contributed by atoms with Crippen LogP contribution in [0.5, 0.6) is 5.75 Å². The monoisotopic (exact) mass is 432 g/mol. The van der Waals surface area contributed by atoms with Gasteiger partial charge in [0.1, 0.15) is 12.4 Å². The highest BCUT2D eigenvalue weighted by molar-refractivity contribution is 7.86. The molecule has 2 aromatic carbocycles. The summed E-state index contributed by atoms with van der Waals surface area (Å²) in [4.78, 5) is 11.6. The molecule has 0 fully saturated rings. The lowest BCUT2D eigenvalue weighted by Gasteiger charge is -2.27. The first-order valence-electron chi connectivity index (χ1n) is 8.16. The highest BCUT2D eigenvalue weighted by atomic mass is 32.2. The van der Waals surface area contributed by atoms with Gasteiger partial charge in [0, 0.05) is 5.69 Å². The van der Waals surface area contributed by atoms with E-state index >= 15 is 0 Å². The van der Waals surface area contributed by atoms with Gasteiger partial charge in [-0.15, -0.1) is 0 Å². The summed E-state index contributed by atoms with van der Waals surface area (Å²) in [5, 5.41) is 2.59. The molecule has 0 saturated heterocycles. The third-order valence-corrected chi connectivity index (χ3v) is 4.35. The number of hydrogen-bond acceptors (Lipinski definition) is 6. The molecule has 2 rings (SSSR count). The van der Waals surface area contributed by atoms with Crippen molar-refractivity contribution in [1.82, 2.24) is 0 Å². The van der Waals surface area contributed by atoms with E-state index in [0.717, 1.165) is 18.4 Å². The minimum Gasteiger partial charge on any atom is -0.489 e. The molecule has 1 amide bonds. The fourth-order valence-electron chi connectivity index (χ4n) is 2.29. The normalized spacial score (nSPS) is 14.1. The topological polar surface area (TPSA) is 108 Å². The Morgan fingerprint density at radius 3 is 2.07 bits per heavy atom. The maximum atomic E-state index is 12.6. The van der Waals surface area contributed by atoms with Crippen LogP contribution in [0.15, 0.2) is 48.5 Å². The van der Waals surface area contributed by atoms with Crippen molar-refractivity contribution in [2.45, 2.75) is 25.4 Å². The van der Waals surface area contributed by atoms with Crippen molar-refractivity contribution < 1.29 is 35.3 Å². The average molecular weight is 432 g/mol. The number of nitrogens with one attached hydrogen (secondary N) is 1. The molecular formula is C18H19F3N2O5S. The summed E-state index contributed by atoms with van der Waals surface area (Å²) in [6.07, 6.45) is -3.61. The van der Waals surface area contributed by atoms with E-state index in [1.54, 1.807) is 0 Å². The van der Waals surface area contributed by atoms with Gasteiger partial charge >= 0.3 is 6.18 Å². The molecule has 0 heterocycles. The third kappa shape index (κ3) is 6.64. The standard InChI is InChI=1S/C18H19F3N2O5S/c1-17(16(22)24,28-29(2,25)26)23-14-7-9-15(10-8-14)27-11-12-3-5-13(6-4-12)18(19,20)21/h3-10,23H,11H2,1-2H3,(H2,22,24). The number of alkyl halides is 3. The van der Waals surface area contributed by atoms with Crippen molar-refractivity contribution in [3.8, 4) is 5.75 Å². The van der Waals surface area contributed by atoms with Crippen LogP contribution in [0.4, 0.5) is 18.9 Å². The number of carbonyl (C=O) groups excluding carboxylic acids is 1. The van der Waals surface area contributed by atoms with Crippen molar-refractivity contribution in [3.05, 3.63) is 59.7 Å². The summed E-state index contributed by atoms with van der Waals surface area (Å²) in [7, 11) is -3.97. The minimum atomic E-state index is -4.40. The largest absolute Gasteiger partial charge is 0.489 e. The molecule has 0 aliphatic heterocycles. The lowest BCUT2D eigenvalue weighted by molar-refractivity contribution is -0.137. The Morgan fingerprint density at radius 1 is 1.07 bits per heavy atom. The number of anilines is 1. The van der Waals surface area contributed by atoms with Crippen LogP contribution in [0, 0.1) is 0 Å². The SMILES string of the molecule is CC(Nc1ccc(OCc2ccc(C(F)(F)F)cc2)cc1)(OS(C)(=O)=O)C(N)=O. The number of amides is 1. The zero-order valence-corrected chi connectivity index (χ0v) is 16.3. The van der Waals surface area contributed by atoms with Crippen LogP contribution in [0.3, 0.4) is 0 Å². The minimum absolute atomic E-state index is 0.0428. The highest BCUT2D eigenvalue weighted by Gasteiger charge is 2.36. The Labute approximate surface area is 165 Å². The van der Waals surface area contributed by atoms with Crippen LogP contribution in [-0.2, 0) is 31.9 Å². The summed E-state index contributed by atoms with van der Waals surface area (Å²) in [6, 6.07) is 10.6. The number of carbonyl (C=O) groups is 1. The molecule has 0 aliphatic rings. The summed E-state index contributed by atoms with van der Waals surface area (Å²) < 4.78 is 70.6. The molecule has 29 heavy (non-hydrogen) atoms. The van der Waals surface area contributed by atoms with Crippen molar-refractivity contribution in [3.63, 3.8) is 0 Å². The van der Waals surface area contributed by atoms with E-state index in [2.05, 4.69) is 5.32 Å². The fraction of sp³-hybridized carbons (Fsp3) is 0.278. The smallest absolute Gasteiger partial charge is 0.416 e. The van der Waals surface area contributed by atoms with Gasteiger partial charge in [-0.1, -0.05) is 12.1 Å². The van der Waals surface area contributed by atoms with Crippen molar-refractivity contribution in [2.75, 3.05) is 11.6 Å². The van der Waals surface area contributed by atoms with E-state index in [9.17, 15) is 26.4 Å². The molecule has 3 N–H and O–H groups in total. The molecule has 1 atom stereocenters. The van der Waals surface area contributed by atoms with Gasteiger partial charge in [-0.05, 0) is 48.9 Å². The molecule has 0 spiro atoms. The summed E-state index contributed by atoms with van der Waals surface area (Å²) in [5.74, 6) is -0.634. The fourth-order valence-corrected chi connectivity index (χ4v) is 3.02. The Hall–Kier alpha value is -2.79. The van der Waals surface area contributed by atoms with E-state index < -0.39 is 33.5 Å². The Bertz CT molecular complexity index is 960. The third-order valence-electron chi connectivity index (χ3n) is 3.71. The van der Waals surface area contributed by atoms with Gasteiger partial charge in [0.2, 0.25) is 5.72 Å². The van der Waals surface area contributed by atoms with Gasteiger partial charge in [-0.25, -0.2) is 4.18 Å². The molecule has 11 heteroatoms. The van der Waals surface area contributed by atoms with Gasteiger partial charge in [0.25, 0.3) is 16.0 Å². The van der Waals surface area contributed by atoms with Gasteiger partial charge in [0.15, 0.2) is 0 Å². The molecule has 0 aliphatic carbocycles. The Balaban J connectivity index is 2.02. The second-order valence-corrected chi connectivity index (χ2v) is 7.89. The van der Waals surface area contributed by atoms with Crippen LogP contribution in [0.2, 0.25) is 0 Å². The summed E-state index contributed by atoms with van der Waals surface area (Å²) in [6.45, 7) is 1.21. The summed E-state index contributed by atoms with van der Waals surface area (Å²) >= 11 is 0. The van der Waals surface area contributed by atoms with Gasteiger partial charge in [-0.2, -0.15) is 21.6 Å². The second kappa shape index (κ2) is 8.29. The Morgan fingerprint density at radius 2 is 1.62 bits per heavy atom. The molecule has 0 radical (unpaired) electrons. The molecule has 7 nitrogen and oxygen atoms in total. The number of nitrogens with two attached hydrogens (primary N) is 1. The first kappa shape index (κ1) is 22.5. The first-order valence-corrected chi connectivity index (χ1v) is 9.98. The maximum Gasteiger partial charge on any atom is 0.416 e. The van der Waals surface area contributed by atoms with Crippen molar-refractivity contribution in [1.29, 1.82) is 0 Å². The van der Waals surface area contributed by atoms with Gasteiger partial charge < -0.3 is 15.8 Å². The number of benzene rings is 2. The molecule has 0 bridgehead atoms. The number of hydrogen-bond donors (Lipinski definition) is 2. The number of halogens is 3. The van der Waals surface area contributed by atoms with Crippen LogP contribution in [0.25, 0.3) is 0 Å². The zero-order chi connectivity index (χ0) is 21.9. The van der Waals surface area contributed by atoms with Gasteiger partial charge in [-0.3, -0.25) is 4.79 Å². The first-order chi connectivity index (χ1) is 13.3. The van der Waals surface area contributed by atoms with E-state index in [1.807, 2.05) is 0 Å². The number of rotatable bonds is 8.